The Kier molecular flexibility index (Phi) is 3.58. The highest BCUT2D eigenvalue weighted by Gasteiger charge is 2.29. The van der Waals surface area contributed by atoms with Crippen LogP contribution in [-0.2, 0) is 9.47 Å². The number of hydrogen-bond acceptors (Lipinski definition) is 2. The van der Waals surface area contributed by atoms with Crippen LogP contribution in [0.1, 0.15) is 33.1 Å². The first-order valence-electron chi connectivity index (χ1n) is 4.50. The summed E-state index contributed by atoms with van der Waals surface area (Å²) in [4.78, 5) is 0. The summed E-state index contributed by atoms with van der Waals surface area (Å²) < 4.78 is 10.9. The quantitative estimate of drug-likeness (QED) is 0.587. The van der Waals surface area contributed by atoms with Crippen LogP contribution in [0.5, 0.6) is 0 Å². The molecule has 0 N–H and O–H groups in total. The van der Waals surface area contributed by atoms with Crippen LogP contribution in [0.2, 0.25) is 0 Å². The van der Waals surface area contributed by atoms with Crippen molar-refractivity contribution in [2.24, 2.45) is 0 Å². The fourth-order valence-electron chi connectivity index (χ4n) is 1.20. The molecule has 1 aliphatic heterocycles. The molecule has 1 saturated heterocycles. The average molecular weight is 168 g/mol. The summed E-state index contributed by atoms with van der Waals surface area (Å²) in [6.07, 6.45) is 2.67. The zero-order valence-electron chi connectivity index (χ0n) is 7.85. The highest BCUT2D eigenvalue weighted by atomic mass is 16.7. The second kappa shape index (κ2) is 4.49. The smallest absolute Gasteiger partial charge is 0.166 e. The van der Waals surface area contributed by atoms with Crippen LogP contribution < -0.4 is 0 Å². The lowest BCUT2D eigenvalue weighted by molar-refractivity contribution is -0.145. The molecule has 1 rings (SSSR count). The van der Waals surface area contributed by atoms with Crippen LogP contribution in [0.3, 0.4) is 0 Å². The number of hydrogen-bond donors (Lipinski definition) is 0. The van der Waals surface area contributed by atoms with Gasteiger partial charge in [0.15, 0.2) is 5.79 Å². The SMILES string of the molecule is CCC#CCCC1(C)OCCO1. The zero-order chi connectivity index (χ0) is 8.86. The van der Waals surface area contributed by atoms with Gasteiger partial charge < -0.3 is 9.47 Å². The third kappa shape index (κ3) is 2.84. The second-order valence-electron chi connectivity index (χ2n) is 3.04. The fourth-order valence-corrected chi connectivity index (χ4v) is 1.20. The molecule has 68 valence electrons. The van der Waals surface area contributed by atoms with Crippen LogP contribution in [0.25, 0.3) is 0 Å². The van der Waals surface area contributed by atoms with Gasteiger partial charge in [0.2, 0.25) is 0 Å². The van der Waals surface area contributed by atoms with E-state index in [1.54, 1.807) is 0 Å². The second-order valence-corrected chi connectivity index (χ2v) is 3.04. The average Bonchev–Trinajstić information content (AvgIpc) is 2.47. The first-order valence-corrected chi connectivity index (χ1v) is 4.50. The minimum Gasteiger partial charge on any atom is -0.348 e. The van der Waals surface area contributed by atoms with Gasteiger partial charge in [0.05, 0.1) is 13.2 Å². The highest BCUT2D eigenvalue weighted by Crippen LogP contribution is 2.23. The van der Waals surface area contributed by atoms with Gasteiger partial charge in [-0.25, -0.2) is 0 Å². The van der Waals surface area contributed by atoms with E-state index in [-0.39, 0.29) is 5.79 Å². The molecule has 1 fully saturated rings. The molecule has 0 aromatic heterocycles. The topological polar surface area (TPSA) is 18.5 Å². The van der Waals surface area contributed by atoms with E-state index in [1.807, 2.05) is 6.92 Å². The molecule has 0 aromatic rings. The lowest BCUT2D eigenvalue weighted by Crippen LogP contribution is -2.24. The maximum Gasteiger partial charge on any atom is 0.166 e. The summed E-state index contributed by atoms with van der Waals surface area (Å²) in [5.41, 5.74) is 0. The summed E-state index contributed by atoms with van der Waals surface area (Å²) in [7, 11) is 0. The molecule has 0 aliphatic carbocycles. The van der Waals surface area contributed by atoms with Gasteiger partial charge in [-0.1, -0.05) is 6.92 Å². The lowest BCUT2D eigenvalue weighted by Gasteiger charge is -2.20. The molecule has 0 spiro atoms. The van der Waals surface area contributed by atoms with Gasteiger partial charge >= 0.3 is 0 Å². The molecule has 1 aliphatic rings. The van der Waals surface area contributed by atoms with Crippen molar-refractivity contribution in [3.63, 3.8) is 0 Å². The van der Waals surface area contributed by atoms with Gasteiger partial charge in [-0.3, -0.25) is 0 Å². The Morgan fingerprint density at radius 3 is 2.50 bits per heavy atom. The summed E-state index contributed by atoms with van der Waals surface area (Å²) >= 11 is 0. The van der Waals surface area contributed by atoms with Crippen LogP contribution >= 0.6 is 0 Å². The molecule has 2 heteroatoms. The van der Waals surface area contributed by atoms with Crippen molar-refractivity contribution in [3.8, 4) is 11.8 Å². The van der Waals surface area contributed by atoms with Gasteiger partial charge in [0.1, 0.15) is 0 Å². The van der Waals surface area contributed by atoms with E-state index in [2.05, 4.69) is 18.8 Å². The fraction of sp³-hybridized carbons (Fsp3) is 0.800. The molecular formula is C10H16O2. The van der Waals surface area contributed by atoms with Gasteiger partial charge in [0.25, 0.3) is 0 Å². The van der Waals surface area contributed by atoms with Crippen molar-refractivity contribution >= 4 is 0 Å². The van der Waals surface area contributed by atoms with E-state index in [0.717, 1.165) is 32.5 Å². The first-order chi connectivity index (χ1) is 5.77. The van der Waals surface area contributed by atoms with E-state index < -0.39 is 0 Å². The van der Waals surface area contributed by atoms with Crippen LogP contribution in [0.4, 0.5) is 0 Å². The molecule has 0 aromatic carbocycles. The van der Waals surface area contributed by atoms with Crippen molar-refractivity contribution in [1.29, 1.82) is 0 Å². The first kappa shape index (κ1) is 9.57. The molecule has 1 heterocycles. The van der Waals surface area contributed by atoms with Crippen molar-refractivity contribution in [2.45, 2.75) is 38.9 Å². The van der Waals surface area contributed by atoms with E-state index >= 15 is 0 Å². The van der Waals surface area contributed by atoms with Crippen molar-refractivity contribution in [1.82, 2.24) is 0 Å². The largest absolute Gasteiger partial charge is 0.348 e. The molecule has 0 radical (unpaired) electrons. The minimum atomic E-state index is -0.359. The molecule has 0 atom stereocenters. The molecule has 12 heavy (non-hydrogen) atoms. The summed E-state index contributed by atoms with van der Waals surface area (Å²) in [6, 6.07) is 0. The van der Waals surface area contributed by atoms with E-state index in [4.69, 9.17) is 9.47 Å². The Morgan fingerprint density at radius 1 is 1.25 bits per heavy atom. The Bertz CT molecular complexity index is 182. The Hall–Kier alpha value is -0.520. The summed E-state index contributed by atoms with van der Waals surface area (Å²) in [5, 5.41) is 0. The predicted octanol–water partition coefficient (Wildman–Crippen LogP) is 1.94. The van der Waals surface area contributed by atoms with Crippen molar-refractivity contribution in [3.05, 3.63) is 0 Å². The molecule has 2 nitrogen and oxygen atoms in total. The maximum absolute atomic E-state index is 5.43. The van der Waals surface area contributed by atoms with E-state index in [0.29, 0.717) is 0 Å². The third-order valence-electron chi connectivity index (χ3n) is 1.90. The normalized spacial score (nSPS) is 20.2. The van der Waals surface area contributed by atoms with Gasteiger partial charge in [0, 0.05) is 19.3 Å². The Balaban J connectivity index is 2.21. The standard InChI is InChI=1S/C10H16O2/c1-3-4-5-6-7-10(2)11-8-9-12-10/h3,6-9H2,1-2H3. The van der Waals surface area contributed by atoms with E-state index in [9.17, 15) is 0 Å². The van der Waals surface area contributed by atoms with Crippen molar-refractivity contribution in [2.75, 3.05) is 13.2 Å². The van der Waals surface area contributed by atoms with Gasteiger partial charge in [-0.05, 0) is 6.92 Å². The Labute approximate surface area is 74.2 Å². The molecule has 0 amide bonds. The van der Waals surface area contributed by atoms with Crippen LogP contribution in [-0.4, -0.2) is 19.0 Å². The lowest BCUT2D eigenvalue weighted by atomic mass is 10.2. The van der Waals surface area contributed by atoms with Crippen molar-refractivity contribution < 1.29 is 9.47 Å². The summed E-state index contributed by atoms with van der Waals surface area (Å²) in [6.45, 7) is 5.47. The van der Waals surface area contributed by atoms with Crippen LogP contribution in [0.15, 0.2) is 0 Å². The van der Waals surface area contributed by atoms with Gasteiger partial charge in [-0.2, -0.15) is 0 Å². The zero-order valence-corrected chi connectivity index (χ0v) is 7.85. The van der Waals surface area contributed by atoms with Gasteiger partial charge in [-0.15, -0.1) is 11.8 Å². The number of ether oxygens (including phenoxy) is 2. The Morgan fingerprint density at radius 2 is 1.92 bits per heavy atom. The summed E-state index contributed by atoms with van der Waals surface area (Å²) in [5.74, 6) is 5.75. The molecule has 0 bridgehead atoms. The third-order valence-corrected chi connectivity index (χ3v) is 1.90. The molecule has 0 saturated carbocycles. The number of rotatable bonds is 2. The minimum absolute atomic E-state index is 0.359. The van der Waals surface area contributed by atoms with Crippen LogP contribution in [0, 0.1) is 11.8 Å². The maximum atomic E-state index is 5.43. The molecule has 0 unspecified atom stereocenters. The predicted molar refractivity (Wildman–Crippen MR) is 47.6 cm³/mol. The molecular weight excluding hydrogens is 152 g/mol. The highest BCUT2D eigenvalue weighted by molar-refractivity contribution is 4.98. The van der Waals surface area contributed by atoms with E-state index in [1.165, 1.54) is 0 Å². The monoisotopic (exact) mass is 168 g/mol.